The van der Waals surface area contributed by atoms with Crippen LogP contribution in [0.3, 0.4) is 0 Å². The fourth-order valence-electron chi connectivity index (χ4n) is 3.29. The molecule has 0 aliphatic heterocycles. The van der Waals surface area contributed by atoms with Crippen molar-refractivity contribution < 1.29 is 0 Å². The van der Waals surface area contributed by atoms with Crippen molar-refractivity contribution in [2.24, 2.45) is 0 Å². The van der Waals surface area contributed by atoms with E-state index in [4.69, 9.17) is 0 Å². The van der Waals surface area contributed by atoms with Crippen molar-refractivity contribution in [3.8, 4) is 0 Å². The highest BCUT2D eigenvalue weighted by Crippen LogP contribution is 2.41. The van der Waals surface area contributed by atoms with Gasteiger partial charge < -0.3 is 0 Å². The van der Waals surface area contributed by atoms with Gasteiger partial charge >= 0.3 is 0 Å². The number of rotatable bonds is 2. The van der Waals surface area contributed by atoms with Crippen LogP contribution in [0.25, 0.3) is 10.8 Å². The summed E-state index contributed by atoms with van der Waals surface area (Å²) < 4.78 is 0. The van der Waals surface area contributed by atoms with Crippen LogP contribution in [-0.2, 0) is 12.8 Å². The molecule has 1 aliphatic rings. The van der Waals surface area contributed by atoms with Crippen molar-refractivity contribution >= 4 is 38.0 Å². The quantitative estimate of drug-likeness (QED) is 0.517. The van der Waals surface area contributed by atoms with Gasteiger partial charge in [0, 0.05) is 0 Å². The maximum absolute atomic E-state index is 3.92. The third-order valence-corrected chi connectivity index (χ3v) is 6.22. The molecule has 0 saturated heterocycles. The SMILES string of the molecule is Cc1cscc1C(Br)c1ccc2c3c(cccc13)CC2. The summed E-state index contributed by atoms with van der Waals surface area (Å²) in [4.78, 5) is 0.290. The van der Waals surface area contributed by atoms with Crippen LogP contribution in [0.2, 0.25) is 0 Å². The lowest BCUT2D eigenvalue weighted by Gasteiger charge is -2.15. The molecule has 1 aliphatic carbocycles. The lowest BCUT2D eigenvalue weighted by molar-refractivity contribution is 1.02. The van der Waals surface area contributed by atoms with E-state index in [-0.39, 0.29) is 0 Å². The molecule has 2 aromatic carbocycles. The number of alkyl halides is 1. The van der Waals surface area contributed by atoms with E-state index in [1.165, 1.54) is 51.4 Å². The van der Waals surface area contributed by atoms with Crippen molar-refractivity contribution in [1.29, 1.82) is 0 Å². The largest absolute Gasteiger partial charge is 0.152 e. The van der Waals surface area contributed by atoms with E-state index in [1.807, 2.05) is 0 Å². The molecule has 0 nitrogen and oxygen atoms in total. The van der Waals surface area contributed by atoms with Crippen LogP contribution in [0, 0.1) is 6.92 Å². The first-order valence-electron chi connectivity index (χ1n) is 6.96. The predicted octanol–water partition coefficient (Wildman–Crippen LogP) is 5.79. The van der Waals surface area contributed by atoms with Gasteiger partial charge in [0.15, 0.2) is 0 Å². The summed E-state index contributed by atoms with van der Waals surface area (Å²) in [5, 5.41) is 7.41. The molecule has 20 heavy (non-hydrogen) atoms. The number of benzene rings is 2. The first-order chi connectivity index (χ1) is 9.75. The Morgan fingerprint density at radius 3 is 2.55 bits per heavy atom. The van der Waals surface area contributed by atoms with Crippen LogP contribution in [0.15, 0.2) is 41.1 Å². The fourth-order valence-corrected chi connectivity index (χ4v) is 5.23. The van der Waals surface area contributed by atoms with Gasteiger partial charge in [-0.25, -0.2) is 0 Å². The molecule has 0 spiro atoms. The average molecular weight is 343 g/mol. The van der Waals surface area contributed by atoms with Crippen molar-refractivity contribution in [2.75, 3.05) is 0 Å². The highest BCUT2D eigenvalue weighted by atomic mass is 79.9. The molecule has 0 N–H and O–H groups in total. The minimum atomic E-state index is 0.290. The normalized spacial score (nSPS) is 14.9. The summed E-state index contributed by atoms with van der Waals surface area (Å²) in [7, 11) is 0. The highest BCUT2D eigenvalue weighted by molar-refractivity contribution is 9.09. The molecule has 0 amide bonds. The summed E-state index contributed by atoms with van der Waals surface area (Å²) in [6.45, 7) is 2.19. The molecule has 0 saturated carbocycles. The summed E-state index contributed by atoms with van der Waals surface area (Å²) >= 11 is 5.70. The van der Waals surface area contributed by atoms with E-state index in [0.717, 1.165) is 0 Å². The lowest BCUT2D eigenvalue weighted by atomic mass is 9.95. The van der Waals surface area contributed by atoms with Gasteiger partial charge in [0.2, 0.25) is 0 Å². The molecule has 3 aromatic rings. The van der Waals surface area contributed by atoms with E-state index < -0.39 is 0 Å². The number of hydrogen-bond donors (Lipinski definition) is 0. The van der Waals surface area contributed by atoms with Crippen molar-refractivity contribution in [2.45, 2.75) is 24.6 Å². The van der Waals surface area contributed by atoms with Crippen molar-refractivity contribution in [3.05, 3.63) is 68.9 Å². The molecule has 1 aromatic heterocycles. The smallest absolute Gasteiger partial charge is 0.0661 e. The lowest BCUT2D eigenvalue weighted by Crippen LogP contribution is -1.95. The second-order valence-electron chi connectivity index (χ2n) is 5.53. The van der Waals surface area contributed by atoms with Gasteiger partial charge in [0.05, 0.1) is 4.83 Å². The van der Waals surface area contributed by atoms with Crippen molar-refractivity contribution in [3.63, 3.8) is 0 Å². The Morgan fingerprint density at radius 1 is 1.00 bits per heavy atom. The number of hydrogen-bond acceptors (Lipinski definition) is 1. The van der Waals surface area contributed by atoms with Gasteiger partial charge in [-0.3, -0.25) is 0 Å². The Morgan fingerprint density at radius 2 is 1.80 bits per heavy atom. The maximum atomic E-state index is 3.92. The van der Waals surface area contributed by atoms with Gasteiger partial charge in [-0.2, -0.15) is 11.3 Å². The summed E-state index contributed by atoms with van der Waals surface area (Å²) in [5.41, 5.74) is 7.20. The zero-order valence-corrected chi connectivity index (χ0v) is 13.7. The molecule has 2 heteroatoms. The number of halogens is 1. The summed E-state index contributed by atoms with van der Waals surface area (Å²) in [6.07, 6.45) is 2.39. The van der Waals surface area contributed by atoms with Gasteiger partial charge in [-0.05, 0) is 69.1 Å². The van der Waals surface area contributed by atoms with Crippen LogP contribution in [0.4, 0.5) is 0 Å². The molecular formula is C18H15BrS. The van der Waals surface area contributed by atoms with Crippen LogP contribution in [0.1, 0.15) is 32.6 Å². The standard InChI is InChI=1S/C18H15BrS/c1-11-9-20-10-16(11)18(19)15-8-7-13-6-5-12-3-2-4-14(15)17(12)13/h2-4,7-10,18H,5-6H2,1H3. The Balaban J connectivity index is 1.96. The molecule has 1 atom stereocenters. The molecule has 0 bridgehead atoms. The third kappa shape index (κ3) is 1.78. The Labute approximate surface area is 131 Å². The molecule has 4 rings (SSSR count). The minimum Gasteiger partial charge on any atom is -0.152 e. The Hall–Kier alpha value is -1.12. The first kappa shape index (κ1) is 12.6. The summed E-state index contributed by atoms with van der Waals surface area (Å²) in [5.74, 6) is 0. The second kappa shape index (κ2) is 4.71. The highest BCUT2D eigenvalue weighted by Gasteiger charge is 2.20. The first-order valence-corrected chi connectivity index (χ1v) is 8.81. The van der Waals surface area contributed by atoms with E-state index in [0.29, 0.717) is 4.83 Å². The Kier molecular flexibility index (Phi) is 2.97. The van der Waals surface area contributed by atoms with Gasteiger partial charge in [-0.1, -0.05) is 46.3 Å². The molecule has 1 heterocycles. The van der Waals surface area contributed by atoms with Gasteiger partial charge in [-0.15, -0.1) is 0 Å². The molecule has 100 valence electrons. The van der Waals surface area contributed by atoms with Crippen LogP contribution >= 0.6 is 27.3 Å². The Bertz CT molecular complexity index is 790. The number of aryl methyl sites for hydroxylation is 3. The monoisotopic (exact) mass is 342 g/mol. The summed E-state index contributed by atoms with van der Waals surface area (Å²) in [6, 6.07) is 11.4. The number of thiophene rings is 1. The maximum Gasteiger partial charge on any atom is 0.0661 e. The molecular weight excluding hydrogens is 328 g/mol. The zero-order valence-electron chi connectivity index (χ0n) is 11.3. The van der Waals surface area contributed by atoms with Crippen LogP contribution in [0.5, 0.6) is 0 Å². The third-order valence-electron chi connectivity index (χ3n) is 4.35. The molecule has 0 fully saturated rings. The van der Waals surface area contributed by atoms with Crippen molar-refractivity contribution in [1.82, 2.24) is 0 Å². The van der Waals surface area contributed by atoms with E-state index >= 15 is 0 Å². The fraction of sp³-hybridized carbons (Fsp3) is 0.222. The van der Waals surface area contributed by atoms with E-state index in [1.54, 1.807) is 11.3 Å². The van der Waals surface area contributed by atoms with Gasteiger partial charge in [0.25, 0.3) is 0 Å². The van der Waals surface area contributed by atoms with Gasteiger partial charge in [0.1, 0.15) is 0 Å². The zero-order chi connectivity index (χ0) is 13.7. The predicted molar refractivity (Wildman–Crippen MR) is 91.2 cm³/mol. The second-order valence-corrected chi connectivity index (χ2v) is 7.19. The van der Waals surface area contributed by atoms with E-state index in [2.05, 4.69) is 63.9 Å². The van der Waals surface area contributed by atoms with Crippen LogP contribution < -0.4 is 0 Å². The minimum absolute atomic E-state index is 0.290. The molecule has 1 unspecified atom stereocenters. The topological polar surface area (TPSA) is 0 Å². The van der Waals surface area contributed by atoms with E-state index in [9.17, 15) is 0 Å². The average Bonchev–Trinajstić information content (AvgIpc) is 3.07. The van der Waals surface area contributed by atoms with Crippen LogP contribution in [-0.4, -0.2) is 0 Å². The molecule has 0 radical (unpaired) electrons.